The summed E-state index contributed by atoms with van der Waals surface area (Å²) in [5.74, 6) is 0. The summed E-state index contributed by atoms with van der Waals surface area (Å²) in [5, 5.41) is 7.00. The van der Waals surface area contributed by atoms with E-state index < -0.39 is 0 Å². The van der Waals surface area contributed by atoms with Crippen LogP contribution in [0.4, 0.5) is 5.13 Å². The van der Waals surface area contributed by atoms with Gasteiger partial charge in [0, 0.05) is 19.9 Å². The van der Waals surface area contributed by atoms with Crippen molar-refractivity contribution in [3.05, 3.63) is 68.4 Å². The lowest BCUT2D eigenvalue weighted by atomic mass is 10.2. The summed E-state index contributed by atoms with van der Waals surface area (Å²) in [5.41, 5.74) is 6.02. The van der Waals surface area contributed by atoms with Gasteiger partial charge in [0.05, 0.1) is 11.9 Å². The molecule has 1 aromatic heterocycles. The van der Waals surface area contributed by atoms with Gasteiger partial charge in [-0.1, -0.05) is 56.1 Å². The molecule has 2 aromatic carbocycles. The predicted molar refractivity (Wildman–Crippen MR) is 101 cm³/mol. The summed E-state index contributed by atoms with van der Waals surface area (Å²) in [6.07, 6.45) is 1.77. The SMILES string of the molecule is Brc1ccc(-c2csc(NN=Cc3cccc(Br)c3)n2)cc1. The highest BCUT2D eigenvalue weighted by Crippen LogP contribution is 2.26. The Morgan fingerprint density at radius 1 is 1.05 bits per heavy atom. The van der Waals surface area contributed by atoms with Gasteiger partial charge >= 0.3 is 0 Å². The number of rotatable bonds is 4. The molecular weight excluding hydrogens is 426 g/mol. The molecule has 0 unspecified atom stereocenters. The lowest BCUT2D eigenvalue weighted by Crippen LogP contribution is -1.90. The fraction of sp³-hybridized carbons (Fsp3) is 0. The maximum Gasteiger partial charge on any atom is 0.203 e. The van der Waals surface area contributed by atoms with Crippen molar-refractivity contribution in [1.29, 1.82) is 0 Å². The molecule has 0 bridgehead atoms. The summed E-state index contributed by atoms with van der Waals surface area (Å²) in [7, 11) is 0. The monoisotopic (exact) mass is 435 g/mol. The van der Waals surface area contributed by atoms with Crippen LogP contribution in [0.15, 0.2) is 68.0 Å². The molecule has 0 amide bonds. The van der Waals surface area contributed by atoms with Crippen molar-refractivity contribution in [2.24, 2.45) is 5.10 Å². The first-order chi connectivity index (χ1) is 10.7. The molecule has 1 heterocycles. The summed E-state index contributed by atoms with van der Waals surface area (Å²) in [4.78, 5) is 4.53. The number of hydrogen-bond donors (Lipinski definition) is 1. The largest absolute Gasteiger partial charge is 0.253 e. The second kappa shape index (κ2) is 7.17. The number of hydrazone groups is 1. The van der Waals surface area contributed by atoms with Gasteiger partial charge in [-0.25, -0.2) is 4.98 Å². The van der Waals surface area contributed by atoms with Gasteiger partial charge in [-0.15, -0.1) is 11.3 Å². The van der Waals surface area contributed by atoms with Gasteiger partial charge in [-0.3, -0.25) is 5.43 Å². The van der Waals surface area contributed by atoms with Crippen molar-refractivity contribution < 1.29 is 0 Å². The van der Waals surface area contributed by atoms with E-state index in [2.05, 4.69) is 47.4 Å². The van der Waals surface area contributed by atoms with E-state index in [0.29, 0.717) is 0 Å². The van der Waals surface area contributed by atoms with Crippen molar-refractivity contribution >= 4 is 54.5 Å². The van der Waals surface area contributed by atoms with Gasteiger partial charge in [0.2, 0.25) is 5.13 Å². The molecular formula is C16H11Br2N3S. The van der Waals surface area contributed by atoms with Crippen molar-refractivity contribution in [3.63, 3.8) is 0 Å². The van der Waals surface area contributed by atoms with E-state index in [9.17, 15) is 0 Å². The standard InChI is InChI=1S/C16H11Br2N3S/c17-13-6-4-12(5-7-13)15-10-22-16(20-15)21-19-9-11-2-1-3-14(18)8-11/h1-10H,(H,20,21). The van der Waals surface area contributed by atoms with Crippen LogP contribution in [0.2, 0.25) is 0 Å². The van der Waals surface area contributed by atoms with Crippen LogP contribution in [0.1, 0.15) is 5.56 Å². The zero-order valence-electron chi connectivity index (χ0n) is 11.3. The van der Waals surface area contributed by atoms with Crippen LogP contribution >= 0.6 is 43.2 Å². The first-order valence-corrected chi connectivity index (χ1v) is 8.93. The summed E-state index contributed by atoms with van der Waals surface area (Å²) in [6, 6.07) is 16.0. The third-order valence-electron chi connectivity index (χ3n) is 2.87. The van der Waals surface area contributed by atoms with Gasteiger partial charge in [0.1, 0.15) is 0 Å². The number of halogens is 2. The van der Waals surface area contributed by atoms with Gasteiger partial charge in [0.15, 0.2) is 0 Å². The van der Waals surface area contributed by atoms with Crippen LogP contribution in [0.3, 0.4) is 0 Å². The van der Waals surface area contributed by atoms with E-state index >= 15 is 0 Å². The molecule has 0 saturated heterocycles. The second-order valence-corrected chi connectivity index (χ2v) is 7.16. The molecule has 0 aliphatic carbocycles. The Balaban J connectivity index is 1.68. The molecule has 1 N–H and O–H groups in total. The van der Waals surface area contributed by atoms with Crippen molar-refractivity contribution in [2.75, 3.05) is 5.43 Å². The molecule has 3 aromatic rings. The van der Waals surface area contributed by atoms with E-state index in [1.165, 1.54) is 11.3 Å². The summed E-state index contributed by atoms with van der Waals surface area (Å²) < 4.78 is 2.09. The average Bonchev–Trinajstić information content (AvgIpc) is 2.97. The van der Waals surface area contributed by atoms with E-state index in [0.717, 1.165) is 30.9 Å². The fourth-order valence-electron chi connectivity index (χ4n) is 1.83. The van der Waals surface area contributed by atoms with Gasteiger partial charge < -0.3 is 0 Å². The maximum absolute atomic E-state index is 4.53. The maximum atomic E-state index is 4.53. The minimum atomic E-state index is 0.768. The molecule has 0 aliphatic rings. The van der Waals surface area contributed by atoms with Gasteiger partial charge in [-0.05, 0) is 29.8 Å². The lowest BCUT2D eigenvalue weighted by molar-refractivity contribution is 1.29. The number of nitrogens with zero attached hydrogens (tertiary/aromatic N) is 2. The van der Waals surface area contributed by atoms with Crippen LogP contribution in [0.25, 0.3) is 11.3 Å². The number of aromatic nitrogens is 1. The fourth-order valence-corrected chi connectivity index (χ4v) is 3.18. The third-order valence-corrected chi connectivity index (χ3v) is 4.64. The highest BCUT2D eigenvalue weighted by atomic mass is 79.9. The summed E-state index contributed by atoms with van der Waals surface area (Å²) in [6.45, 7) is 0. The quantitative estimate of drug-likeness (QED) is 0.415. The topological polar surface area (TPSA) is 37.3 Å². The Kier molecular flexibility index (Phi) is 5.02. The molecule has 0 radical (unpaired) electrons. The Hall–Kier alpha value is -1.50. The third kappa shape index (κ3) is 4.03. The predicted octanol–water partition coefficient (Wildman–Crippen LogP) is 5.78. The van der Waals surface area contributed by atoms with Crippen molar-refractivity contribution in [2.45, 2.75) is 0 Å². The zero-order chi connectivity index (χ0) is 15.4. The molecule has 0 saturated carbocycles. The van der Waals surface area contributed by atoms with Crippen LogP contribution in [-0.4, -0.2) is 11.2 Å². The molecule has 0 aliphatic heterocycles. The molecule has 0 atom stereocenters. The Morgan fingerprint density at radius 3 is 2.64 bits per heavy atom. The highest BCUT2D eigenvalue weighted by molar-refractivity contribution is 9.10. The van der Waals surface area contributed by atoms with E-state index in [-0.39, 0.29) is 0 Å². The Labute approximate surface area is 149 Å². The van der Waals surface area contributed by atoms with Gasteiger partial charge in [-0.2, -0.15) is 5.10 Å². The average molecular weight is 437 g/mol. The Morgan fingerprint density at radius 2 is 1.86 bits per heavy atom. The number of hydrogen-bond acceptors (Lipinski definition) is 4. The number of benzene rings is 2. The van der Waals surface area contributed by atoms with E-state index in [4.69, 9.17) is 0 Å². The number of anilines is 1. The number of thiazole rings is 1. The molecule has 3 rings (SSSR count). The van der Waals surface area contributed by atoms with Crippen LogP contribution in [-0.2, 0) is 0 Å². The molecule has 3 nitrogen and oxygen atoms in total. The van der Waals surface area contributed by atoms with E-state index in [1.807, 2.05) is 53.9 Å². The van der Waals surface area contributed by atoms with Crippen LogP contribution in [0.5, 0.6) is 0 Å². The first-order valence-electron chi connectivity index (χ1n) is 6.47. The molecule has 6 heteroatoms. The minimum Gasteiger partial charge on any atom is -0.253 e. The lowest BCUT2D eigenvalue weighted by Gasteiger charge is -1.97. The molecule has 110 valence electrons. The zero-order valence-corrected chi connectivity index (χ0v) is 15.3. The molecule has 22 heavy (non-hydrogen) atoms. The van der Waals surface area contributed by atoms with Crippen LogP contribution in [0, 0.1) is 0 Å². The number of nitrogens with one attached hydrogen (secondary N) is 1. The normalized spacial score (nSPS) is 11.0. The van der Waals surface area contributed by atoms with Crippen molar-refractivity contribution in [1.82, 2.24) is 4.98 Å². The van der Waals surface area contributed by atoms with Crippen LogP contribution < -0.4 is 5.43 Å². The summed E-state index contributed by atoms with van der Waals surface area (Å²) >= 11 is 8.40. The molecule has 0 spiro atoms. The van der Waals surface area contributed by atoms with Gasteiger partial charge in [0.25, 0.3) is 0 Å². The second-order valence-electron chi connectivity index (χ2n) is 4.47. The minimum absolute atomic E-state index is 0.768. The first kappa shape index (κ1) is 15.4. The highest BCUT2D eigenvalue weighted by Gasteiger charge is 2.03. The Bertz CT molecular complexity index is 797. The van der Waals surface area contributed by atoms with Crippen molar-refractivity contribution in [3.8, 4) is 11.3 Å². The van der Waals surface area contributed by atoms with E-state index in [1.54, 1.807) is 6.21 Å². The smallest absolute Gasteiger partial charge is 0.203 e. The molecule has 0 fully saturated rings.